The number of hydrogen-bond donors (Lipinski definition) is 3. The van der Waals surface area contributed by atoms with Crippen molar-refractivity contribution in [1.82, 2.24) is 20.3 Å². The molecule has 2 aliphatic rings. The largest absolute Gasteiger partial charge is 0.367 e. The SMILES string of the molecule is O=C(NC1CCCC(Nc2cc(-c3c[nH]c4ncccc34)cc(Cl)n2)C1)C1CC1. The van der Waals surface area contributed by atoms with Crippen molar-refractivity contribution in [1.29, 1.82) is 0 Å². The van der Waals surface area contributed by atoms with Gasteiger partial charge in [-0.05, 0) is 68.4 Å². The standard InChI is InChI=1S/C22H24ClN5O/c23-19-9-14(18-12-25-21-17(18)5-2-8-24-21)10-20(28-19)26-15-3-1-4-16(11-15)27-22(29)13-6-7-13/h2,5,8-10,12-13,15-16H,1,3-4,6-7,11H2,(H,24,25)(H,26,28)(H,27,29). The van der Waals surface area contributed by atoms with E-state index < -0.39 is 0 Å². The van der Waals surface area contributed by atoms with Crippen LogP contribution >= 0.6 is 11.6 Å². The maximum absolute atomic E-state index is 12.1. The normalized spacial score (nSPS) is 21.8. The van der Waals surface area contributed by atoms with Crippen molar-refractivity contribution >= 4 is 34.4 Å². The fourth-order valence-corrected chi connectivity index (χ4v) is 4.46. The second-order valence-electron chi connectivity index (χ2n) is 8.15. The summed E-state index contributed by atoms with van der Waals surface area (Å²) in [5.74, 6) is 1.25. The van der Waals surface area contributed by atoms with E-state index >= 15 is 0 Å². The van der Waals surface area contributed by atoms with Gasteiger partial charge in [0.05, 0.1) is 0 Å². The van der Waals surface area contributed by atoms with Crippen LogP contribution in [0, 0.1) is 5.92 Å². The Hall–Kier alpha value is -2.60. The lowest BCUT2D eigenvalue weighted by Gasteiger charge is -2.30. The Bertz CT molecular complexity index is 1040. The van der Waals surface area contributed by atoms with E-state index in [1.807, 2.05) is 30.5 Å². The summed E-state index contributed by atoms with van der Waals surface area (Å²) in [4.78, 5) is 24.2. The lowest BCUT2D eigenvalue weighted by molar-refractivity contribution is -0.123. The summed E-state index contributed by atoms with van der Waals surface area (Å²) >= 11 is 6.34. The number of halogens is 1. The zero-order valence-corrected chi connectivity index (χ0v) is 16.9. The first-order chi connectivity index (χ1) is 14.2. The number of aromatic nitrogens is 3. The van der Waals surface area contributed by atoms with E-state index in [1.54, 1.807) is 6.20 Å². The van der Waals surface area contributed by atoms with Crippen molar-refractivity contribution in [3.63, 3.8) is 0 Å². The molecule has 3 aromatic heterocycles. The maximum atomic E-state index is 12.1. The average molecular weight is 410 g/mol. The second-order valence-corrected chi connectivity index (χ2v) is 8.54. The van der Waals surface area contributed by atoms with Gasteiger partial charge in [0.25, 0.3) is 0 Å². The summed E-state index contributed by atoms with van der Waals surface area (Å²) in [6.45, 7) is 0. The van der Waals surface area contributed by atoms with Crippen LogP contribution in [0.4, 0.5) is 5.82 Å². The fourth-order valence-electron chi connectivity index (χ4n) is 4.25. The Morgan fingerprint density at radius 3 is 2.90 bits per heavy atom. The quantitative estimate of drug-likeness (QED) is 0.541. The fraction of sp³-hybridized carbons (Fsp3) is 0.409. The highest BCUT2D eigenvalue weighted by atomic mass is 35.5. The van der Waals surface area contributed by atoms with Gasteiger partial charge < -0.3 is 15.6 Å². The number of hydrogen-bond acceptors (Lipinski definition) is 4. The molecule has 2 saturated carbocycles. The van der Waals surface area contributed by atoms with Gasteiger partial charge in [0.15, 0.2) is 0 Å². The van der Waals surface area contributed by atoms with Gasteiger partial charge in [-0.3, -0.25) is 4.79 Å². The maximum Gasteiger partial charge on any atom is 0.223 e. The van der Waals surface area contributed by atoms with Crippen LogP contribution in [-0.2, 0) is 4.79 Å². The smallest absolute Gasteiger partial charge is 0.223 e. The predicted octanol–water partition coefficient (Wildman–Crippen LogP) is 4.53. The summed E-state index contributed by atoms with van der Waals surface area (Å²) in [7, 11) is 0. The number of nitrogens with one attached hydrogen (secondary N) is 3. The summed E-state index contributed by atoms with van der Waals surface area (Å²) in [5, 5.41) is 8.29. The highest BCUT2D eigenvalue weighted by molar-refractivity contribution is 6.29. The number of nitrogens with zero attached hydrogens (tertiary/aromatic N) is 2. The summed E-state index contributed by atoms with van der Waals surface area (Å²) in [6, 6.07) is 8.41. The van der Waals surface area contributed by atoms with E-state index in [0.717, 1.165) is 66.5 Å². The van der Waals surface area contributed by atoms with Gasteiger partial charge in [-0.1, -0.05) is 11.6 Å². The van der Waals surface area contributed by atoms with E-state index in [1.165, 1.54) is 0 Å². The molecular formula is C22H24ClN5O. The van der Waals surface area contributed by atoms with Crippen LogP contribution in [0.25, 0.3) is 22.2 Å². The van der Waals surface area contributed by atoms with Crippen LogP contribution in [0.15, 0.2) is 36.7 Å². The lowest BCUT2D eigenvalue weighted by atomic mass is 9.90. The number of carbonyl (C=O) groups is 1. The number of pyridine rings is 2. The molecule has 2 unspecified atom stereocenters. The minimum atomic E-state index is 0.228. The Kier molecular flexibility index (Phi) is 4.87. The summed E-state index contributed by atoms with van der Waals surface area (Å²) < 4.78 is 0. The van der Waals surface area contributed by atoms with Gasteiger partial charge in [0.2, 0.25) is 5.91 Å². The van der Waals surface area contributed by atoms with Crippen molar-refractivity contribution in [3.05, 3.63) is 41.8 Å². The number of anilines is 1. The van der Waals surface area contributed by atoms with Gasteiger partial charge in [0, 0.05) is 41.3 Å². The molecular weight excluding hydrogens is 386 g/mol. The van der Waals surface area contributed by atoms with Crippen LogP contribution < -0.4 is 10.6 Å². The van der Waals surface area contributed by atoms with Crippen molar-refractivity contribution in [3.8, 4) is 11.1 Å². The number of rotatable bonds is 5. The zero-order chi connectivity index (χ0) is 19.8. The molecule has 2 aliphatic carbocycles. The van der Waals surface area contributed by atoms with Crippen molar-refractivity contribution in [2.45, 2.75) is 50.6 Å². The molecule has 0 aliphatic heterocycles. The monoisotopic (exact) mass is 409 g/mol. The van der Waals surface area contributed by atoms with Crippen LogP contribution in [0.2, 0.25) is 5.15 Å². The Morgan fingerprint density at radius 1 is 1.17 bits per heavy atom. The first-order valence-corrected chi connectivity index (χ1v) is 10.7. The molecule has 3 N–H and O–H groups in total. The van der Waals surface area contributed by atoms with E-state index in [4.69, 9.17) is 11.6 Å². The van der Waals surface area contributed by atoms with Crippen LogP contribution in [-0.4, -0.2) is 32.9 Å². The average Bonchev–Trinajstić information content (AvgIpc) is 3.47. The number of fused-ring (bicyclic) bond motifs is 1. The van der Waals surface area contributed by atoms with Gasteiger partial charge in [-0.15, -0.1) is 0 Å². The first-order valence-electron chi connectivity index (χ1n) is 10.3. The molecule has 7 heteroatoms. The highest BCUT2D eigenvalue weighted by Gasteiger charge is 2.32. The van der Waals surface area contributed by atoms with E-state index in [0.29, 0.717) is 5.15 Å². The van der Waals surface area contributed by atoms with Crippen LogP contribution in [0.3, 0.4) is 0 Å². The molecule has 5 rings (SSSR count). The third kappa shape index (κ3) is 4.08. The topological polar surface area (TPSA) is 82.7 Å². The predicted molar refractivity (Wildman–Crippen MR) is 115 cm³/mol. The molecule has 150 valence electrons. The van der Waals surface area contributed by atoms with Gasteiger partial charge in [-0.2, -0.15) is 0 Å². The van der Waals surface area contributed by atoms with E-state index in [9.17, 15) is 4.79 Å². The molecule has 0 radical (unpaired) electrons. The van der Waals surface area contributed by atoms with Gasteiger partial charge >= 0.3 is 0 Å². The van der Waals surface area contributed by atoms with E-state index in [2.05, 4.69) is 25.6 Å². The number of carbonyl (C=O) groups excluding carboxylic acids is 1. The molecule has 0 aromatic carbocycles. The van der Waals surface area contributed by atoms with Gasteiger partial charge in [0.1, 0.15) is 16.6 Å². The minimum absolute atomic E-state index is 0.228. The molecule has 6 nitrogen and oxygen atoms in total. The lowest BCUT2D eigenvalue weighted by Crippen LogP contribution is -2.42. The Morgan fingerprint density at radius 2 is 2.03 bits per heavy atom. The Labute approximate surface area is 174 Å². The Balaban J connectivity index is 1.33. The molecule has 2 fully saturated rings. The van der Waals surface area contributed by atoms with Crippen molar-refractivity contribution < 1.29 is 4.79 Å². The molecule has 3 heterocycles. The third-order valence-corrected chi connectivity index (χ3v) is 6.07. The molecule has 0 spiro atoms. The number of aromatic amines is 1. The first kappa shape index (κ1) is 18.4. The molecule has 29 heavy (non-hydrogen) atoms. The number of H-pyrrole nitrogens is 1. The zero-order valence-electron chi connectivity index (χ0n) is 16.1. The molecule has 0 bridgehead atoms. The van der Waals surface area contributed by atoms with Crippen LogP contribution in [0.5, 0.6) is 0 Å². The highest BCUT2D eigenvalue weighted by Crippen LogP contribution is 2.32. The van der Waals surface area contributed by atoms with Crippen LogP contribution in [0.1, 0.15) is 38.5 Å². The molecule has 1 amide bonds. The van der Waals surface area contributed by atoms with Gasteiger partial charge in [-0.25, -0.2) is 9.97 Å². The molecule has 2 atom stereocenters. The number of amides is 1. The third-order valence-electron chi connectivity index (χ3n) is 5.88. The van der Waals surface area contributed by atoms with Crippen molar-refractivity contribution in [2.75, 3.05) is 5.32 Å². The second kappa shape index (κ2) is 7.67. The molecule has 0 saturated heterocycles. The van der Waals surface area contributed by atoms with Crippen molar-refractivity contribution in [2.24, 2.45) is 5.92 Å². The summed E-state index contributed by atoms with van der Waals surface area (Å²) in [6.07, 6.45) is 9.93. The summed E-state index contributed by atoms with van der Waals surface area (Å²) in [5.41, 5.74) is 2.91. The molecule has 3 aromatic rings. The van der Waals surface area contributed by atoms with E-state index in [-0.39, 0.29) is 23.9 Å². The minimum Gasteiger partial charge on any atom is -0.367 e.